The van der Waals surface area contributed by atoms with E-state index in [1.54, 1.807) is 11.1 Å². The number of benzene rings is 2. The molecule has 0 aliphatic heterocycles. The highest BCUT2D eigenvalue weighted by molar-refractivity contribution is 5.70. The van der Waals surface area contributed by atoms with Crippen molar-refractivity contribution >= 4 is 11.6 Å². The summed E-state index contributed by atoms with van der Waals surface area (Å²) in [7, 11) is 0. The SMILES string of the molecule is C=C(C[C@H](CCC)c1cccc(C(=C)CC2CCCC2)c1)C1=Cc2cc3c(cc2C1)CCCC3.CC.CC(C)C.CCC. The van der Waals surface area contributed by atoms with Gasteiger partial charge in [-0.15, -0.1) is 0 Å². The van der Waals surface area contributed by atoms with Crippen LogP contribution in [0.3, 0.4) is 0 Å². The standard InChI is InChI=1S/C34H42.C4H10.C3H8.C2H6/c1-4-10-28(31-16-9-15-27(19-31)24(2)17-26-11-5-6-12-26)18-25(3)32-22-33-20-29-13-7-8-14-30(29)21-34(33)23-32;1-4(2)3;1-3-2;1-2/h9,15-16,19-22,26,28H,2-8,10-14,17-18,23H2,1H3;4H,1-3H3;3H2,1-2H3;1-2H3/t28-;;;/m0.../s1. The van der Waals surface area contributed by atoms with E-state index in [2.05, 4.69) is 97.2 Å². The Morgan fingerprint density at radius 3 is 2.02 bits per heavy atom. The zero-order valence-electron chi connectivity index (χ0n) is 29.6. The molecule has 0 amide bonds. The first-order valence-corrected chi connectivity index (χ1v) is 18.1. The summed E-state index contributed by atoms with van der Waals surface area (Å²) in [6, 6.07) is 14.3. The fraction of sp³-hybridized carbons (Fsp3) is 0.581. The molecule has 0 saturated heterocycles. The molecule has 5 rings (SSSR count). The Hall–Kier alpha value is -2.34. The van der Waals surface area contributed by atoms with Gasteiger partial charge in [0.1, 0.15) is 0 Å². The molecule has 0 heterocycles. The van der Waals surface area contributed by atoms with Crippen molar-refractivity contribution in [2.24, 2.45) is 11.8 Å². The average molecular weight is 583 g/mol. The Kier molecular flexibility index (Phi) is 17.0. The maximum Gasteiger partial charge on any atom is -0.00170 e. The van der Waals surface area contributed by atoms with Crippen LogP contribution in [0.2, 0.25) is 0 Å². The molecule has 1 atom stereocenters. The number of aryl methyl sites for hydroxylation is 2. The van der Waals surface area contributed by atoms with E-state index >= 15 is 0 Å². The Morgan fingerprint density at radius 1 is 0.814 bits per heavy atom. The molecule has 3 aliphatic carbocycles. The lowest BCUT2D eigenvalue weighted by atomic mass is 9.84. The predicted molar refractivity (Wildman–Crippen MR) is 196 cm³/mol. The highest BCUT2D eigenvalue weighted by Gasteiger charge is 2.22. The predicted octanol–water partition coefficient (Wildman–Crippen LogP) is 13.7. The summed E-state index contributed by atoms with van der Waals surface area (Å²) in [4.78, 5) is 0. The van der Waals surface area contributed by atoms with Crippen LogP contribution in [0.25, 0.3) is 11.6 Å². The number of rotatable bonds is 9. The van der Waals surface area contributed by atoms with Crippen LogP contribution in [-0.2, 0) is 19.3 Å². The zero-order valence-corrected chi connectivity index (χ0v) is 29.6. The molecule has 43 heavy (non-hydrogen) atoms. The second-order valence-corrected chi connectivity index (χ2v) is 13.7. The molecule has 2 aromatic rings. The van der Waals surface area contributed by atoms with Gasteiger partial charge in [0, 0.05) is 0 Å². The number of fused-ring (bicyclic) bond motifs is 2. The number of hydrogen-bond acceptors (Lipinski definition) is 0. The van der Waals surface area contributed by atoms with E-state index in [0.29, 0.717) is 5.92 Å². The molecular weight excluding hydrogens is 516 g/mol. The van der Waals surface area contributed by atoms with Gasteiger partial charge in [0.2, 0.25) is 0 Å². The average Bonchev–Trinajstić information content (AvgIpc) is 3.66. The fourth-order valence-corrected chi connectivity index (χ4v) is 6.67. The van der Waals surface area contributed by atoms with Gasteiger partial charge in [0.15, 0.2) is 0 Å². The second kappa shape index (κ2) is 19.8. The van der Waals surface area contributed by atoms with Gasteiger partial charge in [0.05, 0.1) is 0 Å². The lowest BCUT2D eigenvalue weighted by molar-refractivity contribution is 0.565. The van der Waals surface area contributed by atoms with Gasteiger partial charge >= 0.3 is 0 Å². The van der Waals surface area contributed by atoms with E-state index in [-0.39, 0.29) is 0 Å². The van der Waals surface area contributed by atoms with Crippen LogP contribution in [-0.4, -0.2) is 0 Å². The first-order valence-electron chi connectivity index (χ1n) is 18.1. The molecule has 2 aromatic carbocycles. The van der Waals surface area contributed by atoms with Gasteiger partial charge in [-0.3, -0.25) is 0 Å². The number of allylic oxidation sites excluding steroid dienone is 3. The normalized spacial score (nSPS) is 15.9. The largest absolute Gasteiger partial charge is 0.0955 e. The van der Waals surface area contributed by atoms with Crippen LogP contribution >= 0.6 is 0 Å². The molecule has 0 heteroatoms. The zero-order chi connectivity index (χ0) is 31.8. The summed E-state index contributed by atoms with van der Waals surface area (Å²) in [6.45, 7) is 26.2. The van der Waals surface area contributed by atoms with E-state index in [4.69, 9.17) is 0 Å². The lowest BCUT2D eigenvalue weighted by Crippen LogP contribution is -2.04. The number of hydrogen-bond donors (Lipinski definition) is 0. The minimum absolute atomic E-state index is 0.537. The van der Waals surface area contributed by atoms with Crippen molar-refractivity contribution in [3.8, 4) is 0 Å². The first kappa shape index (κ1) is 36.8. The van der Waals surface area contributed by atoms with Gasteiger partial charge in [-0.05, 0) is 114 Å². The third-order valence-corrected chi connectivity index (χ3v) is 8.67. The van der Waals surface area contributed by atoms with E-state index < -0.39 is 0 Å². The summed E-state index contributed by atoms with van der Waals surface area (Å²) >= 11 is 0. The van der Waals surface area contributed by atoms with E-state index in [9.17, 15) is 0 Å². The molecule has 3 aliphatic rings. The van der Waals surface area contributed by atoms with Crippen molar-refractivity contribution in [1.29, 1.82) is 0 Å². The molecule has 0 nitrogen and oxygen atoms in total. The van der Waals surface area contributed by atoms with Gasteiger partial charge in [-0.25, -0.2) is 0 Å². The molecule has 1 saturated carbocycles. The van der Waals surface area contributed by atoms with Gasteiger partial charge in [0.25, 0.3) is 0 Å². The monoisotopic (exact) mass is 583 g/mol. The molecule has 0 unspecified atom stereocenters. The van der Waals surface area contributed by atoms with Crippen LogP contribution in [0, 0.1) is 11.8 Å². The molecule has 0 N–H and O–H groups in total. The van der Waals surface area contributed by atoms with Gasteiger partial charge in [-0.2, -0.15) is 0 Å². The summed E-state index contributed by atoms with van der Waals surface area (Å²) in [5.74, 6) is 2.22. The second-order valence-electron chi connectivity index (χ2n) is 13.7. The van der Waals surface area contributed by atoms with Crippen molar-refractivity contribution in [2.75, 3.05) is 0 Å². The highest BCUT2D eigenvalue weighted by atomic mass is 14.3. The summed E-state index contributed by atoms with van der Waals surface area (Å²) in [6.07, 6.45) is 20.2. The summed E-state index contributed by atoms with van der Waals surface area (Å²) in [5, 5.41) is 0. The van der Waals surface area contributed by atoms with Crippen LogP contribution in [0.1, 0.15) is 165 Å². The van der Waals surface area contributed by atoms with Gasteiger partial charge < -0.3 is 0 Å². The minimum Gasteiger partial charge on any atom is -0.0955 e. The maximum atomic E-state index is 4.60. The first-order chi connectivity index (χ1) is 20.7. The lowest BCUT2D eigenvalue weighted by Gasteiger charge is -2.21. The highest BCUT2D eigenvalue weighted by Crippen LogP contribution is 2.39. The molecule has 0 spiro atoms. The third-order valence-electron chi connectivity index (χ3n) is 8.67. The van der Waals surface area contributed by atoms with E-state index in [0.717, 1.165) is 24.7 Å². The van der Waals surface area contributed by atoms with Crippen LogP contribution < -0.4 is 0 Å². The van der Waals surface area contributed by atoms with Crippen molar-refractivity contribution in [3.05, 3.63) is 94.1 Å². The Morgan fingerprint density at radius 2 is 1.42 bits per heavy atom. The Labute approximate surface area is 268 Å². The van der Waals surface area contributed by atoms with Crippen LogP contribution in [0.15, 0.2) is 60.7 Å². The smallest absolute Gasteiger partial charge is 0.00170 e. The quantitative estimate of drug-likeness (QED) is 0.276. The minimum atomic E-state index is 0.537. The van der Waals surface area contributed by atoms with Gasteiger partial charge in [-0.1, -0.05) is 155 Å². The molecule has 1 fully saturated rings. The maximum absolute atomic E-state index is 4.60. The Balaban J connectivity index is 0.000000641. The molecule has 0 aromatic heterocycles. The van der Waals surface area contributed by atoms with Crippen molar-refractivity contribution in [2.45, 2.75) is 151 Å². The van der Waals surface area contributed by atoms with Crippen LogP contribution in [0.4, 0.5) is 0 Å². The fourth-order valence-electron chi connectivity index (χ4n) is 6.67. The summed E-state index contributed by atoms with van der Waals surface area (Å²) in [5.41, 5.74) is 13.1. The summed E-state index contributed by atoms with van der Waals surface area (Å²) < 4.78 is 0. The van der Waals surface area contributed by atoms with E-state index in [1.807, 2.05) is 13.8 Å². The van der Waals surface area contributed by atoms with Crippen molar-refractivity contribution < 1.29 is 0 Å². The molecular formula is C43H66. The van der Waals surface area contributed by atoms with E-state index in [1.165, 1.54) is 116 Å². The molecule has 0 bridgehead atoms. The topological polar surface area (TPSA) is 0 Å². The van der Waals surface area contributed by atoms with Crippen molar-refractivity contribution in [1.82, 2.24) is 0 Å². The van der Waals surface area contributed by atoms with Crippen molar-refractivity contribution in [3.63, 3.8) is 0 Å². The van der Waals surface area contributed by atoms with Crippen LogP contribution in [0.5, 0.6) is 0 Å². The molecule has 238 valence electrons. The third kappa shape index (κ3) is 11.9. The Bertz CT molecular complexity index is 1150. The molecule has 0 radical (unpaired) electrons.